The van der Waals surface area contributed by atoms with E-state index in [9.17, 15) is 4.79 Å². The Morgan fingerprint density at radius 3 is 3.05 bits per heavy atom. The fourth-order valence-corrected chi connectivity index (χ4v) is 2.11. The zero-order chi connectivity index (χ0) is 15.2. The summed E-state index contributed by atoms with van der Waals surface area (Å²) < 4.78 is 15.7. The lowest BCUT2D eigenvalue weighted by Crippen LogP contribution is -2.51. The molecule has 0 radical (unpaired) electrons. The summed E-state index contributed by atoms with van der Waals surface area (Å²) in [5.74, 6) is 0.644. The van der Waals surface area contributed by atoms with Gasteiger partial charge in [-0.3, -0.25) is 0 Å². The number of aryl methyl sites for hydroxylation is 1. The lowest BCUT2D eigenvalue weighted by atomic mass is 10.2. The van der Waals surface area contributed by atoms with E-state index in [0.717, 1.165) is 12.1 Å². The fraction of sp³-hybridized carbons (Fsp3) is 0.643. The van der Waals surface area contributed by atoms with Gasteiger partial charge in [-0.2, -0.15) is 4.98 Å². The van der Waals surface area contributed by atoms with Gasteiger partial charge in [0.2, 0.25) is 11.8 Å². The highest BCUT2D eigenvalue weighted by molar-refractivity contribution is 5.79. The molecule has 21 heavy (non-hydrogen) atoms. The van der Waals surface area contributed by atoms with Crippen LogP contribution in [0.5, 0.6) is 5.88 Å². The summed E-state index contributed by atoms with van der Waals surface area (Å²) in [6.45, 7) is 5.84. The SMILES string of the molecule is CCCOc1cc(C)nc(N2CCOCC2C(=O)OC)n1. The van der Waals surface area contributed by atoms with Crippen LogP contribution in [0, 0.1) is 6.92 Å². The molecule has 0 bridgehead atoms. The molecule has 2 rings (SSSR count). The van der Waals surface area contributed by atoms with Crippen molar-refractivity contribution >= 4 is 11.9 Å². The van der Waals surface area contributed by atoms with Crippen LogP contribution >= 0.6 is 0 Å². The van der Waals surface area contributed by atoms with Crippen LogP contribution in [0.15, 0.2) is 6.07 Å². The molecule has 1 unspecified atom stereocenters. The van der Waals surface area contributed by atoms with Crippen molar-refractivity contribution < 1.29 is 19.0 Å². The number of carbonyl (C=O) groups excluding carboxylic acids is 1. The van der Waals surface area contributed by atoms with Crippen LogP contribution in [-0.4, -0.2) is 55.5 Å². The molecule has 1 aliphatic heterocycles. The highest BCUT2D eigenvalue weighted by Crippen LogP contribution is 2.20. The number of hydrogen-bond acceptors (Lipinski definition) is 7. The minimum atomic E-state index is -0.524. The Morgan fingerprint density at radius 1 is 1.52 bits per heavy atom. The Labute approximate surface area is 124 Å². The smallest absolute Gasteiger partial charge is 0.331 e. The number of rotatable bonds is 5. The molecule has 2 heterocycles. The summed E-state index contributed by atoms with van der Waals surface area (Å²) in [5.41, 5.74) is 0.793. The molecule has 0 aliphatic carbocycles. The molecule has 0 amide bonds. The summed E-state index contributed by atoms with van der Waals surface area (Å²) in [6.07, 6.45) is 0.903. The number of methoxy groups -OCH3 is 1. The number of anilines is 1. The minimum absolute atomic E-state index is 0.273. The van der Waals surface area contributed by atoms with Gasteiger partial charge in [0.1, 0.15) is 0 Å². The van der Waals surface area contributed by atoms with E-state index < -0.39 is 6.04 Å². The van der Waals surface area contributed by atoms with Gasteiger partial charge >= 0.3 is 5.97 Å². The summed E-state index contributed by atoms with van der Waals surface area (Å²) in [7, 11) is 1.36. The first-order valence-electron chi connectivity index (χ1n) is 7.06. The van der Waals surface area contributed by atoms with Gasteiger partial charge < -0.3 is 19.1 Å². The highest BCUT2D eigenvalue weighted by atomic mass is 16.5. The highest BCUT2D eigenvalue weighted by Gasteiger charge is 2.32. The molecule has 116 valence electrons. The second kappa shape index (κ2) is 7.21. The molecule has 1 aromatic rings. The molecule has 1 aromatic heterocycles. The molecule has 1 atom stereocenters. The largest absolute Gasteiger partial charge is 0.478 e. The molecular formula is C14H21N3O4. The lowest BCUT2D eigenvalue weighted by molar-refractivity contribution is -0.144. The quantitative estimate of drug-likeness (QED) is 0.749. The molecule has 0 aromatic carbocycles. The van der Waals surface area contributed by atoms with E-state index in [1.54, 1.807) is 11.0 Å². The molecule has 0 spiro atoms. The number of morpholine rings is 1. The van der Waals surface area contributed by atoms with E-state index in [0.29, 0.717) is 31.6 Å². The van der Waals surface area contributed by atoms with Crippen molar-refractivity contribution in [3.8, 4) is 5.88 Å². The predicted octanol–water partition coefficient (Wildman–Crippen LogP) is 0.952. The number of ether oxygens (including phenoxy) is 3. The van der Waals surface area contributed by atoms with Gasteiger partial charge in [0, 0.05) is 18.3 Å². The second-order valence-corrected chi connectivity index (χ2v) is 4.80. The number of hydrogen-bond donors (Lipinski definition) is 0. The third-order valence-electron chi connectivity index (χ3n) is 3.13. The fourth-order valence-electron chi connectivity index (χ4n) is 2.11. The summed E-state index contributed by atoms with van der Waals surface area (Å²) >= 11 is 0. The van der Waals surface area contributed by atoms with Crippen molar-refractivity contribution in [3.05, 3.63) is 11.8 Å². The van der Waals surface area contributed by atoms with Crippen LogP contribution in [0.25, 0.3) is 0 Å². The molecule has 7 nitrogen and oxygen atoms in total. The molecule has 1 aliphatic rings. The van der Waals surface area contributed by atoms with Crippen LogP contribution in [0.2, 0.25) is 0 Å². The average molecular weight is 295 g/mol. The maximum Gasteiger partial charge on any atom is 0.331 e. The van der Waals surface area contributed by atoms with Crippen molar-refractivity contribution in [3.63, 3.8) is 0 Å². The number of nitrogens with zero attached hydrogens (tertiary/aromatic N) is 3. The van der Waals surface area contributed by atoms with E-state index in [2.05, 4.69) is 9.97 Å². The van der Waals surface area contributed by atoms with Gasteiger partial charge in [-0.05, 0) is 13.3 Å². The summed E-state index contributed by atoms with van der Waals surface area (Å²) in [4.78, 5) is 22.5. The summed E-state index contributed by atoms with van der Waals surface area (Å²) in [5, 5.41) is 0. The Balaban J connectivity index is 2.25. The first-order valence-corrected chi connectivity index (χ1v) is 7.06. The van der Waals surface area contributed by atoms with Crippen LogP contribution in [-0.2, 0) is 14.3 Å². The van der Waals surface area contributed by atoms with Crippen LogP contribution in [0.1, 0.15) is 19.0 Å². The van der Waals surface area contributed by atoms with Crippen LogP contribution in [0.4, 0.5) is 5.95 Å². The monoisotopic (exact) mass is 295 g/mol. The van der Waals surface area contributed by atoms with E-state index in [1.807, 2.05) is 13.8 Å². The van der Waals surface area contributed by atoms with Crippen molar-refractivity contribution in [1.29, 1.82) is 0 Å². The Bertz CT molecular complexity index is 495. The maximum atomic E-state index is 11.9. The Hall–Kier alpha value is -1.89. The number of carbonyl (C=O) groups is 1. The van der Waals surface area contributed by atoms with E-state index in [-0.39, 0.29) is 12.6 Å². The topological polar surface area (TPSA) is 73.8 Å². The van der Waals surface area contributed by atoms with Gasteiger partial charge in [0.15, 0.2) is 6.04 Å². The van der Waals surface area contributed by atoms with Crippen LogP contribution in [0.3, 0.4) is 0 Å². The maximum absolute atomic E-state index is 11.9. The zero-order valence-corrected chi connectivity index (χ0v) is 12.7. The van der Waals surface area contributed by atoms with E-state index in [4.69, 9.17) is 14.2 Å². The predicted molar refractivity (Wildman–Crippen MR) is 76.5 cm³/mol. The van der Waals surface area contributed by atoms with Crippen LogP contribution < -0.4 is 9.64 Å². The molecule has 0 N–H and O–H groups in total. The molecule has 1 fully saturated rings. The first kappa shape index (κ1) is 15.5. The Morgan fingerprint density at radius 2 is 2.33 bits per heavy atom. The van der Waals surface area contributed by atoms with Gasteiger partial charge in [-0.1, -0.05) is 6.92 Å². The van der Waals surface area contributed by atoms with Crippen molar-refractivity contribution in [2.24, 2.45) is 0 Å². The average Bonchev–Trinajstić information content (AvgIpc) is 2.51. The Kier molecular flexibility index (Phi) is 5.32. The van der Waals surface area contributed by atoms with E-state index >= 15 is 0 Å². The summed E-state index contributed by atoms with van der Waals surface area (Å²) in [6, 6.07) is 1.26. The molecule has 1 saturated heterocycles. The molecule has 7 heteroatoms. The van der Waals surface area contributed by atoms with Gasteiger partial charge in [0.25, 0.3) is 0 Å². The number of aromatic nitrogens is 2. The van der Waals surface area contributed by atoms with Gasteiger partial charge in [-0.25, -0.2) is 9.78 Å². The third kappa shape index (κ3) is 3.81. The third-order valence-corrected chi connectivity index (χ3v) is 3.13. The lowest BCUT2D eigenvalue weighted by Gasteiger charge is -2.33. The van der Waals surface area contributed by atoms with Crippen molar-refractivity contribution in [2.45, 2.75) is 26.3 Å². The normalized spacial score (nSPS) is 18.4. The van der Waals surface area contributed by atoms with E-state index in [1.165, 1.54) is 7.11 Å². The molecular weight excluding hydrogens is 274 g/mol. The second-order valence-electron chi connectivity index (χ2n) is 4.80. The minimum Gasteiger partial charge on any atom is -0.478 e. The first-order chi connectivity index (χ1) is 10.2. The van der Waals surface area contributed by atoms with Crippen molar-refractivity contribution in [2.75, 3.05) is 38.4 Å². The van der Waals surface area contributed by atoms with Crippen molar-refractivity contribution in [1.82, 2.24) is 9.97 Å². The standard InChI is InChI=1S/C14H21N3O4/c1-4-6-21-12-8-10(2)15-14(16-12)17-5-7-20-9-11(17)13(18)19-3/h8,11H,4-7,9H2,1-3H3. The number of esters is 1. The van der Waals surface area contributed by atoms with Gasteiger partial charge in [0.05, 0.1) is 26.9 Å². The zero-order valence-electron chi connectivity index (χ0n) is 12.7. The molecule has 0 saturated carbocycles. The van der Waals surface area contributed by atoms with Gasteiger partial charge in [-0.15, -0.1) is 0 Å².